The maximum absolute atomic E-state index is 12.5. The Hall–Kier alpha value is -3.67. The fraction of sp³-hybridized carbons (Fsp3) is 0.333. The first-order valence-corrected chi connectivity index (χ1v) is 11.6. The van der Waals surface area contributed by atoms with Gasteiger partial charge in [0.05, 0.1) is 13.2 Å². The summed E-state index contributed by atoms with van der Waals surface area (Å²) >= 11 is 0. The van der Waals surface area contributed by atoms with Crippen LogP contribution in [-0.2, 0) is 36.4 Å². The van der Waals surface area contributed by atoms with E-state index in [4.69, 9.17) is 10.5 Å². The molecule has 0 radical (unpaired) electrons. The average Bonchev–Trinajstić information content (AvgIpc) is 3.10. The Balaban J connectivity index is 1.96. The van der Waals surface area contributed by atoms with Crippen LogP contribution in [0, 0.1) is 0 Å². The number of H-pyrrole nitrogens is 1. The number of hydrogen-bond donors (Lipinski definition) is 2. The number of esters is 1. The third-order valence-corrected chi connectivity index (χ3v) is 6.16. The van der Waals surface area contributed by atoms with Crippen molar-refractivity contribution in [2.24, 2.45) is 4.36 Å². The van der Waals surface area contributed by atoms with Gasteiger partial charge in [-0.1, -0.05) is 30.3 Å². The zero-order valence-electron chi connectivity index (χ0n) is 18.0. The van der Waals surface area contributed by atoms with Gasteiger partial charge in [-0.15, -0.1) is 0 Å². The second-order valence-corrected chi connectivity index (χ2v) is 8.68. The van der Waals surface area contributed by atoms with E-state index >= 15 is 0 Å². The summed E-state index contributed by atoms with van der Waals surface area (Å²) in [6.45, 7) is 1.85. The first kappa shape index (κ1) is 24.0. The number of carbonyl (C=O) groups is 3. The van der Waals surface area contributed by atoms with Crippen molar-refractivity contribution >= 4 is 45.7 Å². The molecule has 0 amide bonds. The fourth-order valence-corrected chi connectivity index (χ4v) is 4.44. The molecular weight excluding hydrogens is 448 g/mol. The number of imidazole rings is 1. The lowest BCUT2D eigenvalue weighted by Gasteiger charge is -2.08. The van der Waals surface area contributed by atoms with E-state index in [9.17, 15) is 19.2 Å². The number of nitrogens with two attached hydrogens (primary N) is 1. The molecule has 0 fully saturated rings. The Morgan fingerprint density at radius 1 is 1.27 bits per heavy atom. The molecule has 0 spiro atoms. The molecule has 174 valence electrons. The molecule has 11 nitrogen and oxygen atoms in total. The zero-order chi connectivity index (χ0) is 23.8. The number of aromatic nitrogens is 4. The summed E-state index contributed by atoms with van der Waals surface area (Å²) in [5, 5.41) is 0.214. The Kier molecular flexibility index (Phi) is 8.19. The minimum Gasteiger partial charge on any atom is -0.466 e. The highest BCUT2D eigenvalue weighted by Crippen LogP contribution is 2.18. The lowest BCUT2D eigenvalue weighted by Crippen LogP contribution is -2.18. The lowest BCUT2D eigenvalue weighted by molar-refractivity contribution is -0.145. The van der Waals surface area contributed by atoms with E-state index in [0.29, 0.717) is 11.2 Å². The summed E-state index contributed by atoms with van der Waals surface area (Å²) in [4.78, 5) is 58.6. The van der Waals surface area contributed by atoms with Crippen LogP contribution in [0.15, 0.2) is 44.6 Å². The number of fused-ring (bicyclic) bond motifs is 1. The van der Waals surface area contributed by atoms with E-state index in [-0.39, 0.29) is 48.5 Å². The van der Waals surface area contributed by atoms with Crippen LogP contribution in [0.2, 0.25) is 0 Å². The second kappa shape index (κ2) is 11.3. The molecular formula is C21H24N6O5S. The van der Waals surface area contributed by atoms with Crippen LogP contribution < -0.4 is 11.4 Å². The Bertz CT molecular complexity index is 1250. The van der Waals surface area contributed by atoms with Crippen LogP contribution >= 0.6 is 0 Å². The van der Waals surface area contributed by atoms with E-state index in [0.717, 1.165) is 11.8 Å². The molecule has 1 unspecified atom stereocenters. The molecule has 0 aliphatic rings. The van der Waals surface area contributed by atoms with Gasteiger partial charge in [0, 0.05) is 12.2 Å². The molecule has 0 bridgehead atoms. The minimum atomic E-state index is -1.05. The maximum atomic E-state index is 12.5. The smallest absolute Gasteiger partial charge is 0.328 e. The van der Waals surface area contributed by atoms with Gasteiger partial charge in [-0.25, -0.2) is 19.1 Å². The average molecular weight is 473 g/mol. The first-order valence-electron chi connectivity index (χ1n) is 10.2. The van der Waals surface area contributed by atoms with Gasteiger partial charge in [0.2, 0.25) is 5.16 Å². The van der Waals surface area contributed by atoms with E-state index in [2.05, 4.69) is 19.3 Å². The largest absolute Gasteiger partial charge is 0.466 e. The van der Waals surface area contributed by atoms with Gasteiger partial charge in [-0.05, 0) is 23.2 Å². The van der Waals surface area contributed by atoms with Crippen molar-refractivity contribution in [3.63, 3.8) is 0 Å². The summed E-state index contributed by atoms with van der Waals surface area (Å²) in [6.07, 6.45) is 0.516. The highest BCUT2D eigenvalue weighted by Gasteiger charge is 2.17. The molecule has 3 N–H and O–H groups in total. The standard InChI is InChI=1S/C21H24N6O5S/c1-2-32-16(30)11-15(29)12-23-33(10-6-9-28)20-25-18(22)17-19(26-20)27(21(31)24-17)13-14-7-4-3-5-8-14/h3-5,7-9H,2,6,10-13H2,1H3,(H,24,31)(H2,22,25,26). The molecule has 0 aliphatic heterocycles. The van der Waals surface area contributed by atoms with Gasteiger partial charge in [0.25, 0.3) is 0 Å². The number of ketones is 1. The molecule has 3 aromatic rings. The van der Waals surface area contributed by atoms with Crippen molar-refractivity contribution < 1.29 is 19.1 Å². The van der Waals surface area contributed by atoms with Crippen LogP contribution in [0.1, 0.15) is 25.3 Å². The molecule has 1 aromatic carbocycles. The number of nitrogens with zero attached hydrogens (tertiary/aromatic N) is 4. The number of nitrogen functional groups attached to an aromatic ring is 1. The molecule has 12 heteroatoms. The summed E-state index contributed by atoms with van der Waals surface area (Å²) in [5.74, 6) is -0.706. The normalized spacial score (nSPS) is 12.0. The van der Waals surface area contributed by atoms with Crippen LogP contribution in [0.25, 0.3) is 11.2 Å². The van der Waals surface area contributed by atoms with Crippen LogP contribution in [0.5, 0.6) is 0 Å². The molecule has 0 saturated carbocycles. The molecule has 33 heavy (non-hydrogen) atoms. The monoisotopic (exact) mass is 472 g/mol. The van der Waals surface area contributed by atoms with E-state index in [1.807, 2.05) is 30.3 Å². The number of aromatic amines is 1. The van der Waals surface area contributed by atoms with E-state index in [1.165, 1.54) is 4.57 Å². The van der Waals surface area contributed by atoms with Gasteiger partial charge in [0.1, 0.15) is 24.8 Å². The second-order valence-electron chi connectivity index (χ2n) is 6.92. The quantitative estimate of drug-likeness (QED) is 0.181. The van der Waals surface area contributed by atoms with Gasteiger partial charge >= 0.3 is 11.7 Å². The van der Waals surface area contributed by atoms with E-state index in [1.54, 1.807) is 6.92 Å². The van der Waals surface area contributed by atoms with Gasteiger partial charge in [0.15, 0.2) is 17.2 Å². The number of nitrogens with one attached hydrogen (secondary N) is 1. The van der Waals surface area contributed by atoms with E-state index < -0.39 is 28.9 Å². The third kappa shape index (κ3) is 6.19. The number of carbonyl (C=O) groups excluding carboxylic acids is 3. The molecule has 3 rings (SSSR count). The molecule has 0 aliphatic carbocycles. The van der Waals surface area contributed by atoms with Crippen molar-refractivity contribution in [3.05, 3.63) is 46.4 Å². The predicted octanol–water partition coefficient (Wildman–Crippen LogP) is 1.02. The number of ether oxygens (including phenoxy) is 1. The number of rotatable bonds is 11. The zero-order valence-corrected chi connectivity index (χ0v) is 18.8. The number of benzene rings is 1. The molecule has 2 aromatic heterocycles. The Morgan fingerprint density at radius 3 is 2.73 bits per heavy atom. The van der Waals surface area contributed by atoms with Crippen molar-refractivity contribution in [1.29, 1.82) is 0 Å². The summed E-state index contributed by atoms with van der Waals surface area (Å²) in [5.41, 5.74) is 7.20. The molecule has 0 saturated heterocycles. The van der Waals surface area contributed by atoms with Crippen LogP contribution in [-0.4, -0.2) is 56.5 Å². The first-order chi connectivity index (χ1) is 15.9. The summed E-state index contributed by atoms with van der Waals surface area (Å²) in [7, 11) is -1.05. The summed E-state index contributed by atoms with van der Waals surface area (Å²) < 4.78 is 10.6. The topological polar surface area (TPSA) is 162 Å². The third-order valence-electron chi connectivity index (χ3n) is 4.50. The van der Waals surface area contributed by atoms with Crippen molar-refractivity contribution in [3.8, 4) is 0 Å². The molecule has 2 heterocycles. The van der Waals surface area contributed by atoms with Gasteiger partial charge < -0.3 is 20.2 Å². The number of anilines is 1. The molecule has 1 atom stereocenters. The Labute approximate surface area is 191 Å². The highest BCUT2D eigenvalue weighted by atomic mass is 32.2. The minimum absolute atomic E-state index is 0.0653. The lowest BCUT2D eigenvalue weighted by atomic mass is 10.2. The van der Waals surface area contributed by atoms with Crippen LogP contribution in [0.4, 0.5) is 5.82 Å². The van der Waals surface area contributed by atoms with Crippen molar-refractivity contribution in [1.82, 2.24) is 19.5 Å². The number of aldehydes is 1. The number of hydrogen-bond acceptors (Lipinski definition) is 9. The summed E-state index contributed by atoms with van der Waals surface area (Å²) in [6, 6.07) is 9.38. The Morgan fingerprint density at radius 2 is 2.03 bits per heavy atom. The van der Waals surface area contributed by atoms with Crippen LogP contribution in [0.3, 0.4) is 0 Å². The van der Waals surface area contributed by atoms with Gasteiger partial charge in [-0.3, -0.25) is 14.2 Å². The fourth-order valence-electron chi connectivity index (χ4n) is 3.00. The number of Topliss-reactive ketones (excluding diaryl/α,β-unsaturated/α-hetero) is 1. The van der Waals surface area contributed by atoms with Gasteiger partial charge in [-0.2, -0.15) is 0 Å². The van der Waals surface area contributed by atoms with Crippen molar-refractivity contribution in [2.45, 2.75) is 31.5 Å². The van der Waals surface area contributed by atoms with Crippen molar-refractivity contribution in [2.75, 3.05) is 24.6 Å². The predicted molar refractivity (Wildman–Crippen MR) is 123 cm³/mol. The SMILES string of the molecule is CCOC(=O)CC(=O)CN=S(CCC=O)c1nc(N)c2[nH]c(=O)n(Cc3ccccc3)c2n1. The maximum Gasteiger partial charge on any atom is 0.328 e. The highest BCUT2D eigenvalue weighted by molar-refractivity contribution is 7.87.